The molecule has 3 rings (SSSR count). The number of amides is 1. The van der Waals surface area contributed by atoms with Gasteiger partial charge in [-0.1, -0.05) is 53.7 Å². The molecule has 146 valence electrons. The Morgan fingerprint density at radius 1 is 1.18 bits per heavy atom. The van der Waals surface area contributed by atoms with Crippen LogP contribution in [0, 0.1) is 0 Å². The molecule has 1 heterocycles. The highest BCUT2D eigenvalue weighted by Gasteiger charge is 2.12. The molecule has 6 nitrogen and oxygen atoms in total. The highest BCUT2D eigenvalue weighted by molar-refractivity contribution is 7.98. The Morgan fingerprint density at radius 2 is 1.93 bits per heavy atom. The number of halogens is 1. The van der Waals surface area contributed by atoms with Gasteiger partial charge in [-0.15, -0.1) is 10.2 Å². The largest absolute Gasteiger partial charge is 0.497 e. The number of carbonyl (C=O) groups excluding carboxylic acids is 1. The summed E-state index contributed by atoms with van der Waals surface area (Å²) in [5.74, 6) is 2.10. The molecule has 28 heavy (non-hydrogen) atoms. The van der Waals surface area contributed by atoms with E-state index in [-0.39, 0.29) is 5.91 Å². The SMILES string of the molecule is COc1ccc(CC(=O)NCc2nnc(SCc3ccccc3Cl)n2C)cc1. The van der Waals surface area contributed by atoms with Gasteiger partial charge < -0.3 is 14.6 Å². The first-order valence-electron chi connectivity index (χ1n) is 8.71. The number of ether oxygens (including phenoxy) is 1. The Labute approximate surface area is 173 Å². The standard InChI is InChI=1S/C20H21ClN4O2S/c1-25-18(12-22-19(26)11-14-7-9-16(27-2)10-8-14)23-24-20(25)28-13-15-5-3-4-6-17(15)21/h3-10H,11-13H2,1-2H3,(H,22,26). The van der Waals surface area contributed by atoms with E-state index in [0.29, 0.717) is 24.5 Å². The summed E-state index contributed by atoms with van der Waals surface area (Å²) in [7, 11) is 3.50. The molecule has 3 aromatic rings. The van der Waals surface area contributed by atoms with Crippen molar-refractivity contribution in [3.8, 4) is 5.75 Å². The molecule has 1 aromatic heterocycles. The Kier molecular flexibility index (Phi) is 6.95. The molecule has 0 spiro atoms. The summed E-state index contributed by atoms with van der Waals surface area (Å²) in [5, 5.41) is 12.8. The van der Waals surface area contributed by atoms with E-state index in [1.807, 2.05) is 60.1 Å². The quantitative estimate of drug-likeness (QED) is 0.568. The highest BCUT2D eigenvalue weighted by atomic mass is 35.5. The van der Waals surface area contributed by atoms with Crippen LogP contribution in [0.4, 0.5) is 0 Å². The fourth-order valence-corrected chi connectivity index (χ4v) is 3.77. The monoisotopic (exact) mass is 416 g/mol. The molecule has 0 bridgehead atoms. The van der Waals surface area contributed by atoms with Crippen LogP contribution in [0.25, 0.3) is 0 Å². The second-order valence-corrected chi connectivity index (χ2v) is 7.49. The van der Waals surface area contributed by atoms with Crippen molar-refractivity contribution in [3.05, 3.63) is 70.5 Å². The van der Waals surface area contributed by atoms with E-state index in [1.54, 1.807) is 18.9 Å². The minimum absolute atomic E-state index is 0.0709. The summed E-state index contributed by atoms with van der Waals surface area (Å²) in [6, 6.07) is 15.2. The molecule has 0 fully saturated rings. The number of aromatic nitrogens is 3. The fourth-order valence-electron chi connectivity index (χ4n) is 2.55. The van der Waals surface area contributed by atoms with E-state index in [4.69, 9.17) is 16.3 Å². The topological polar surface area (TPSA) is 69.0 Å². The molecule has 0 saturated heterocycles. The average molecular weight is 417 g/mol. The third kappa shape index (κ3) is 5.27. The Hall–Kier alpha value is -2.51. The maximum Gasteiger partial charge on any atom is 0.224 e. The van der Waals surface area contributed by atoms with Gasteiger partial charge in [-0.3, -0.25) is 4.79 Å². The van der Waals surface area contributed by atoms with Gasteiger partial charge in [0.2, 0.25) is 5.91 Å². The molecule has 1 N–H and O–H groups in total. The molecule has 0 aliphatic carbocycles. The Morgan fingerprint density at radius 3 is 2.64 bits per heavy atom. The third-order valence-electron chi connectivity index (χ3n) is 4.21. The third-order valence-corrected chi connectivity index (χ3v) is 5.64. The minimum Gasteiger partial charge on any atom is -0.497 e. The number of methoxy groups -OCH3 is 1. The molecular weight excluding hydrogens is 396 g/mol. The first kappa shape index (κ1) is 20.2. The van der Waals surface area contributed by atoms with Crippen LogP contribution in [-0.2, 0) is 30.6 Å². The van der Waals surface area contributed by atoms with Gasteiger partial charge >= 0.3 is 0 Å². The summed E-state index contributed by atoms with van der Waals surface area (Å²) in [4.78, 5) is 12.2. The highest BCUT2D eigenvalue weighted by Crippen LogP contribution is 2.25. The smallest absolute Gasteiger partial charge is 0.224 e. The number of nitrogens with one attached hydrogen (secondary N) is 1. The van der Waals surface area contributed by atoms with E-state index in [1.165, 1.54) is 0 Å². The Bertz CT molecular complexity index is 944. The van der Waals surface area contributed by atoms with Crippen LogP contribution in [-0.4, -0.2) is 27.8 Å². The number of hydrogen-bond donors (Lipinski definition) is 1. The van der Waals surface area contributed by atoms with Crippen molar-refractivity contribution in [2.45, 2.75) is 23.9 Å². The van der Waals surface area contributed by atoms with Crippen LogP contribution in [0.2, 0.25) is 5.02 Å². The number of rotatable bonds is 8. The lowest BCUT2D eigenvalue weighted by Crippen LogP contribution is -2.26. The molecule has 1 amide bonds. The van der Waals surface area contributed by atoms with E-state index in [0.717, 1.165) is 27.1 Å². The zero-order valence-corrected chi connectivity index (χ0v) is 17.3. The second kappa shape index (κ2) is 9.61. The van der Waals surface area contributed by atoms with Crippen molar-refractivity contribution in [1.29, 1.82) is 0 Å². The molecule has 2 aromatic carbocycles. The summed E-state index contributed by atoms with van der Waals surface area (Å²) >= 11 is 7.75. The summed E-state index contributed by atoms with van der Waals surface area (Å²) in [6.45, 7) is 0.325. The lowest BCUT2D eigenvalue weighted by molar-refractivity contribution is -0.120. The van der Waals surface area contributed by atoms with Crippen molar-refractivity contribution in [2.75, 3.05) is 7.11 Å². The van der Waals surface area contributed by atoms with Gasteiger partial charge in [0.15, 0.2) is 11.0 Å². The van der Waals surface area contributed by atoms with Gasteiger partial charge in [0.1, 0.15) is 5.75 Å². The summed E-state index contributed by atoms with van der Waals surface area (Å²) in [6.07, 6.45) is 0.302. The lowest BCUT2D eigenvalue weighted by Gasteiger charge is -2.07. The van der Waals surface area contributed by atoms with Crippen molar-refractivity contribution in [3.63, 3.8) is 0 Å². The molecule has 8 heteroatoms. The van der Waals surface area contributed by atoms with Crippen LogP contribution >= 0.6 is 23.4 Å². The average Bonchev–Trinajstić information content (AvgIpc) is 3.06. The predicted molar refractivity (Wildman–Crippen MR) is 111 cm³/mol. The zero-order valence-electron chi connectivity index (χ0n) is 15.7. The van der Waals surface area contributed by atoms with Crippen LogP contribution in [0.3, 0.4) is 0 Å². The van der Waals surface area contributed by atoms with Crippen molar-refractivity contribution >= 4 is 29.3 Å². The van der Waals surface area contributed by atoms with Gasteiger partial charge in [0.25, 0.3) is 0 Å². The molecule has 0 radical (unpaired) electrons. The van der Waals surface area contributed by atoms with Crippen molar-refractivity contribution in [1.82, 2.24) is 20.1 Å². The molecule has 0 aliphatic heterocycles. The van der Waals surface area contributed by atoms with Crippen molar-refractivity contribution in [2.24, 2.45) is 7.05 Å². The first-order valence-corrected chi connectivity index (χ1v) is 10.1. The van der Waals surface area contributed by atoms with Gasteiger partial charge in [-0.05, 0) is 29.3 Å². The van der Waals surface area contributed by atoms with Crippen LogP contribution < -0.4 is 10.1 Å². The van der Waals surface area contributed by atoms with E-state index >= 15 is 0 Å². The zero-order chi connectivity index (χ0) is 19.9. The van der Waals surface area contributed by atoms with Gasteiger partial charge in [0, 0.05) is 17.8 Å². The van der Waals surface area contributed by atoms with E-state index in [9.17, 15) is 4.79 Å². The maximum atomic E-state index is 12.2. The van der Waals surface area contributed by atoms with Gasteiger partial charge in [0.05, 0.1) is 20.1 Å². The normalized spacial score (nSPS) is 10.7. The van der Waals surface area contributed by atoms with Crippen LogP contribution in [0.5, 0.6) is 5.75 Å². The minimum atomic E-state index is -0.0709. The second-order valence-electron chi connectivity index (χ2n) is 6.14. The molecule has 0 aliphatic rings. The Balaban J connectivity index is 1.52. The molecule has 0 saturated carbocycles. The maximum absolute atomic E-state index is 12.2. The summed E-state index contributed by atoms with van der Waals surface area (Å²) in [5.41, 5.74) is 1.97. The number of nitrogens with zero attached hydrogens (tertiary/aromatic N) is 3. The van der Waals surface area contributed by atoms with Crippen LogP contribution in [0.1, 0.15) is 17.0 Å². The fraction of sp³-hybridized carbons (Fsp3) is 0.250. The first-order chi connectivity index (χ1) is 13.6. The number of thioether (sulfide) groups is 1. The van der Waals surface area contributed by atoms with Crippen molar-refractivity contribution < 1.29 is 9.53 Å². The van der Waals surface area contributed by atoms with E-state index < -0.39 is 0 Å². The number of carbonyl (C=O) groups is 1. The van der Waals surface area contributed by atoms with Gasteiger partial charge in [-0.25, -0.2) is 0 Å². The molecule has 0 atom stereocenters. The molecular formula is C20H21ClN4O2S. The number of hydrogen-bond acceptors (Lipinski definition) is 5. The van der Waals surface area contributed by atoms with Gasteiger partial charge in [-0.2, -0.15) is 0 Å². The lowest BCUT2D eigenvalue weighted by atomic mass is 10.1. The van der Waals surface area contributed by atoms with E-state index in [2.05, 4.69) is 15.5 Å². The number of benzene rings is 2. The predicted octanol–water partition coefficient (Wildman–Crippen LogP) is 3.63. The van der Waals surface area contributed by atoms with Crippen LogP contribution in [0.15, 0.2) is 53.7 Å². The molecule has 0 unspecified atom stereocenters. The summed E-state index contributed by atoms with van der Waals surface area (Å²) < 4.78 is 7.01.